The molecule has 3 N–H and O–H groups in total. The van der Waals surface area contributed by atoms with Crippen molar-refractivity contribution in [3.05, 3.63) is 53.0 Å². The Morgan fingerprint density at radius 2 is 1.76 bits per heavy atom. The molecule has 0 bridgehead atoms. The Kier molecular flexibility index (Phi) is 21.0. The second-order valence-electron chi connectivity index (χ2n) is 14.6. The van der Waals surface area contributed by atoms with Gasteiger partial charge in [-0.1, -0.05) is 63.7 Å². The summed E-state index contributed by atoms with van der Waals surface area (Å²) in [7, 11) is 4.00. The average molecular weight is 731 g/mol. The molecule has 4 atom stereocenters. The predicted octanol–water partition coefficient (Wildman–Crippen LogP) is 8.67. The fraction of sp³-hybridized carbons (Fsp3) is 0.650. The van der Waals surface area contributed by atoms with Crippen molar-refractivity contribution in [3.63, 3.8) is 0 Å². The number of likely N-dealkylation sites (N-methyl/N-ethyl adjacent to an activating group) is 1. The van der Waals surface area contributed by atoms with Crippen molar-refractivity contribution in [1.29, 1.82) is 0 Å². The maximum atomic E-state index is 12.8. The predicted molar refractivity (Wildman–Crippen MR) is 207 cm³/mol. The minimum atomic E-state index is -0.628. The standard InChI is InChI=1S/C19H26N2O2.C14H26FNO3.C7H11NS/c1-21-12-11-17(15-5-3-2-4-6-15)18(21)19(23)20-16-9-7-14(13-22)8-10-16;1-5-11(10-17)7-6-8-12(9-15)16-13(18)19-14(2,3)4;1-8-9-7-5-3-2-4-6-7/h7-10,13,15,17-18H,2-6,11-12H2,1H3,(H,20,23);10-12H,5-9H2,1-4H3,(H,16,18);3,5-6,8H,2,4H2,1H3. The van der Waals surface area contributed by atoms with E-state index >= 15 is 0 Å². The van der Waals surface area contributed by atoms with E-state index in [9.17, 15) is 23.6 Å². The van der Waals surface area contributed by atoms with Crippen LogP contribution in [0.2, 0.25) is 0 Å². The van der Waals surface area contributed by atoms with Gasteiger partial charge in [-0.25, -0.2) is 9.18 Å². The van der Waals surface area contributed by atoms with Crippen LogP contribution in [0.3, 0.4) is 0 Å². The first kappa shape index (κ1) is 44.1. The molecule has 4 unspecified atom stereocenters. The number of alkyl carbamates (subject to hydrolysis) is 1. The van der Waals surface area contributed by atoms with Crippen LogP contribution in [0.5, 0.6) is 0 Å². The van der Waals surface area contributed by atoms with Gasteiger partial charge in [-0.05, 0) is 128 Å². The number of amides is 2. The van der Waals surface area contributed by atoms with Crippen molar-refractivity contribution >= 4 is 42.2 Å². The summed E-state index contributed by atoms with van der Waals surface area (Å²) < 4.78 is 20.9. The van der Waals surface area contributed by atoms with E-state index in [0.29, 0.717) is 30.2 Å². The zero-order chi connectivity index (χ0) is 37.6. The van der Waals surface area contributed by atoms with E-state index in [1.807, 2.05) is 14.0 Å². The van der Waals surface area contributed by atoms with Gasteiger partial charge in [0, 0.05) is 22.1 Å². The zero-order valence-electron chi connectivity index (χ0n) is 31.8. The fourth-order valence-corrected chi connectivity index (χ4v) is 7.33. The van der Waals surface area contributed by atoms with Crippen molar-refractivity contribution in [2.75, 3.05) is 32.6 Å². The van der Waals surface area contributed by atoms with Gasteiger partial charge < -0.3 is 20.2 Å². The van der Waals surface area contributed by atoms with Crippen molar-refractivity contribution in [1.82, 2.24) is 14.9 Å². The Bertz CT molecular complexity index is 1250. The van der Waals surface area contributed by atoms with Crippen molar-refractivity contribution in [3.8, 4) is 0 Å². The van der Waals surface area contributed by atoms with Crippen molar-refractivity contribution < 1.29 is 28.3 Å². The van der Waals surface area contributed by atoms with Crippen molar-refractivity contribution in [2.24, 2.45) is 17.8 Å². The second kappa shape index (κ2) is 24.3. The number of likely N-dealkylation sites (tertiary alicyclic amines) is 1. The van der Waals surface area contributed by atoms with E-state index in [2.05, 4.69) is 45.5 Å². The molecule has 2 fully saturated rings. The number of allylic oxidation sites excluding steroid dienone is 3. The third-order valence-electron chi connectivity index (χ3n) is 9.47. The number of nitrogens with one attached hydrogen (secondary N) is 3. The molecule has 0 radical (unpaired) electrons. The minimum Gasteiger partial charge on any atom is -0.444 e. The molecule has 2 aliphatic carbocycles. The van der Waals surface area contributed by atoms with Gasteiger partial charge in [-0.15, -0.1) is 0 Å². The second-order valence-corrected chi connectivity index (χ2v) is 15.7. The molecule has 51 heavy (non-hydrogen) atoms. The number of anilines is 1. The van der Waals surface area contributed by atoms with E-state index < -0.39 is 24.4 Å². The molecule has 1 saturated heterocycles. The number of carbonyl (C=O) groups excluding carboxylic acids is 4. The molecule has 0 spiro atoms. The molecule has 1 aromatic rings. The fourth-order valence-electron chi connectivity index (χ4n) is 6.73. The van der Waals surface area contributed by atoms with Gasteiger partial charge in [0.15, 0.2) is 0 Å². The first-order chi connectivity index (χ1) is 24.4. The number of nitrogens with zero attached hydrogens (tertiary/aromatic N) is 1. The van der Waals surface area contributed by atoms with Gasteiger partial charge in [-0.3, -0.25) is 19.2 Å². The minimum absolute atomic E-state index is 0.0242. The lowest BCUT2D eigenvalue weighted by Gasteiger charge is -2.32. The van der Waals surface area contributed by atoms with E-state index in [4.69, 9.17) is 4.74 Å². The van der Waals surface area contributed by atoms with Gasteiger partial charge in [-0.2, -0.15) is 0 Å². The SMILES string of the molecule is CCC(C=O)CCCC(CF)NC(=O)OC(C)(C)C.CN1CCC(C2CCCCC2)C1C(=O)Nc1ccc(C=O)cc1.CNSC1=CCCC=C1. The maximum Gasteiger partial charge on any atom is 0.407 e. The summed E-state index contributed by atoms with van der Waals surface area (Å²) >= 11 is 1.68. The van der Waals surface area contributed by atoms with Crippen LogP contribution in [-0.2, 0) is 14.3 Å². The molecule has 0 aromatic heterocycles. The molecular formula is C40H63FN4O5S. The van der Waals surface area contributed by atoms with Crippen LogP contribution >= 0.6 is 11.9 Å². The van der Waals surface area contributed by atoms with E-state index in [-0.39, 0.29) is 17.9 Å². The normalized spacial score (nSPS) is 20.3. The highest BCUT2D eigenvalue weighted by Gasteiger charge is 2.41. The number of aldehydes is 2. The molecule has 286 valence electrons. The smallest absolute Gasteiger partial charge is 0.407 e. The van der Waals surface area contributed by atoms with Crippen LogP contribution in [0.1, 0.15) is 115 Å². The van der Waals surface area contributed by atoms with Crippen LogP contribution < -0.4 is 15.4 Å². The molecule has 2 amide bonds. The molecule has 1 saturated carbocycles. The largest absolute Gasteiger partial charge is 0.444 e. The lowest BCUT2D eigenvalue weighted by Crippen LogP contribution is -2.43. The Morgan fingerprint density at radius 1 is 1.06 bits per heavy atom. The summed E-state index contributed by atoms with van der Waals surface area (Å²) in [5, 5.41) is 5.55. The number of benzene rings is 1. The van der Waals surface area contributed by atoms with E-state index in [1.54, 1.807) is 57.0 Å². The van der Waals surface area contributed by atoms with Gasteiger partial charge >= 0.3 is 6.09 Å². The monoisotopic (exact) mass is 730 g/mol. The van der Waals surface area contributed by atoms with Crippen LogP contribution in [0.4, 0.5) is 14.9 Å². The quantitative estimate of drug-likeness (QED) is 0.129. The van der Waals surface area contributed by atoms with Gasteiger partial charge in [0.25, 0.3) is 0 Å². The van der Waals surface area contributed by atoms with E-state index in [1.165, 1.54) is 49.9 Å². The number of carbonyl (C=O) groups is 4. The molecular weight excluding hydrogens is 668 g/mol. The Hall–Kier alpha value is -3.02. The number of rotatable bonds is 14. The molecule has 9 nitrogen and oxygen atoms in total. The average Bonchev–Trinajstić information content (AvgIpc) is 3.52. The van der Waals surface area contributed by atoms with Crippen LogP contribution in [-0.4, -0.2) is 74.5 Å². The Balaban J connectivity index is 0.000000289. The third kappa shape index (κ3) is 17.4. The number of hydrogen-bond donors (Lipinski definition) is 3. The van der Waals surface area contributed by atoms with Crippen LogP contribution in [0.25, 0.3) is 0 Å². The molecule has 11 heteroatoms. The number of halogens is 1. The lowest BCUT2D eigenvalue weighted by molar-refractivity contribution is -0.121. The molecule has 1 aromatic carbocycles. The third-order valence-corrected chi connectivity index (χ3v) is 10.2. The number of ether oxygens (including phenoxy) is 1. The summed E-state index contributed by atoms with van der Waals surface area (Å²) in [5.74, 6) is 1.30. The molecule has 3 aliphatic rings. The van der Waals surface area contributed by atoms with Gasteiger partial charge in [0.2, 0.25) is 5.91 Å². The van der Waals surface area contributed by atoms with Gasteiger partial charge in [0.1, 0.15) is 24.8 Å². The summed E-state index contributed by atoms with van der Waals surface area (Å²) in [5.41, 5.74) is 0.805. The highest BCUT2D eigenvalue weighted by Crippen LogP contribution is 2.38. The summed E-state index contributed by atoms with van der Waals surface area (Å²) in [6, 6.07) is 6.50. The van der Waals surface area contributed by atoms with Gasteiger partial charge in [0.05, 0.1) is 12.1 Å². The Labute approximate surface area is 310 Å². The lowest BCUT2D eigenvalue weighted by atomic mass is 9.76. The van der Waals surface area contributed by atoms with Crippen LogP contribution in [0.15, 0.2) is 47.4 Å². The number of hydrogen-bond acceptors (Lipinski definition) is 8. The molecule has 1 aliphatic heterocycles. The number of alkyl halides is 1. The maximum absolute atomic E-state index is 12.8. The summed E-state index contributed by atoms with van der Waals surface area (Å²) in [6.07, 6.45) is 20.6. The van der Waals surface area contributed by atoms with Crippen LogP contribution in [0, 0.1) is 17.8 Å². The first-order valence-electron chi connectivity index (χ1n) is 18.7. The highest BCUT2D eigenvalue weighted by atomic mass is 32.2. The Morgan fingerprint density at radius 3 is 2.31 bits per heavy atom. The summed E-state index contributed by atoms with van der Waals surface area (Å²) in [6.45, 7) is 7.60. The van der Waals surface area contributed by atoms with Crippen molar-refractivity contribution in [2.45, 2.75) is 122 Å². The topological polar surface area (TPSA) is 117 Å². The molecule has 4 rings (SSSR count). The highest BCUT2D eigenvalue weighted by molar-refractivity contribution is 8.01. The zero-order valence-corrected chi connectivity index (χ0v) is 32.6. The molecule has 1 heterocycles. The van der Waals surface area contributed by atoms with E-state index in [0.717, 1.165) is 44.1 Å². The summed E-state index contributed by atoms with van der Waals surface area (Å²) in [4.78, 5) is 49.2. The first-order valence-corrected chi connectivity index (χ1v) is 19.5.